The predicted molar refractivity (Wildman–Crippen MR) is 89.6 cm³/mol. The first kappa shape index (κ1) is 16.0. The largest absolute Gasteiger partial charge is 0.373 e. The van der Waals surface area contributed by atoms with Crippen LogP contribution in [0.3, 0.4) is 0 Å². The Bertz CT molecular complexity index is 651. The van der Waals surface area contributed by atoms with Crippen LogP contribution in [0.4, 0.5) is 5.13 Å². The highest BCUT2D eigenvalue weighted by Crippen LogP contribution is 2.19. The molecule has 1 amide bonds. The fourth-order valence-electron chi connectivity index (χ4n) is 2.74. The number of morpholine rings is 1. The Hall–Kier alpha value is -1.83. The van der Waals surface area contributed by atoms with Gasteiger partial charge in [-0.1, -0.05) is 6.07 Å². The van der Waals surface area contributed by atoms with Gasteiger partial charge in [0.05, 0.1) is 17.9 Å². The number of ether oxygens (including phenoxy) is 1. The number of nitrogens with zero attached hydrogens (tertiary/aromatic N) is 3. The zero-order valence-electron chi connectivity index (χ0n) is 13.2. The Morgan fingerprint density at radius 2 is 2.17 bits per heavy atom. The van der Waals surface area contributed by atoms with Crippen molar-refractivity contribution < 1.29 is 9.53 Å². The molecule has 122 valence electrons. The van der Waals surface area contributed by atoms with Crippen molar-refractivity contribution in [3.8, 4) is 0 Å². The predicted octanol–water partition coefficient (Wildman–Crippen LogP) is 2.40. The fraction of sp³-hybridized carbons (Fsp3) is 0.438. The van der Waals surface area contributed by atoms with Crippen LogP contribution in [0.25, 0.3) is 0 Å². The summed E-state index contributed by atoms with van der Waals surface area (Å²) in [5.74, 6) is -0.236. The van der Waals surface area contributed by atoms with Crippen molar-refractivity contribution in [2.45, 2.75) is 32.6 Å². The second kappa shape index (κ2) is 7.16. The van der Waals surface area contributed by atoms with E-state index in [0.717, 1.165) is 25.3 Å². The first-order valence-corrected chi connectivity index (χ1v) is 8.52. The van der Waals surface area contributed by atoms with Crippen molar-refractivity contribution in [1.82, 2.24) is 14.9 Å². The molecule has 0 bridgehead atoms. The van der Waals surface area contributed by atoms with Gasteiger partial charge in [0.15, 0.2) is 5.13 Å². The molecule has 6 nitrogen and oxygen atoms in total. The summed E-state index contributed by atoms with van der Waals surface area (Å²) in [5.41, 5.74) is 1.35. The Labute approximate surface area is 139 Å². The molecule has 1 N–H and O–H groups in total. The third-order valence-corrected chi connectivity index (χ3v) is 4.36. The van der Waals surface area contributed by atoms with Crippen molar-refractivity contribution in [2.24, 2.45) is 0 Å². The number of thiazole rings is 1. The summed E-state index contributed by atoms with van der Waals surface area (Å²) in [7, 11) is 0. The van der Waals surface area contributed by atoms with E-state index in [1.54, 1.807) is 24.4 Å². The average molecular weight is 332 g/mol. The van der Waals surface area contributed by atoms with Crippen molar-refractivity contribution in [1.29, 1.82) is 0 Å². The number of carbonyl (C=O) groups excluding carboxylic acids is 1. The van der Waals surface area contributed by atoms with Gasteiger partial charge < -0.3 is 4.74 Å². The molecular formula is C16H20N4O2S. The standard InChI is InChI=1S/C16H20N4O2S/c1-11-7-20(8-12(2)22-11)9-13-10-23-16(18-13)19-15(21)14-5-3-4-6-17-14/h3-6,10-12H,7-9H2,1-2H3,(H,18,19,21). The second-order valence-corrected chi connectivity index (χ2v) is 6.62. The monoisotopic (exact) mass is 332 g/mol. The van der Waals surface area contributed by atoms with Gasteiger partial charge in [-0.15, -0.1) is 11.3 Å². The summed E-state index contributed by atoms with van der Waals surface area (Å²) in [5, 5.41) is 5.38. The van der Waals surface area contributed by atoms with Gasteiger partial charge in [-0.2, -0.15) is 0 Å². The summed E-state index contributed by atoms with van der Waals surface area (Å²) in [6.07, 6.45) is 2.07. The second-order valence-electron chi connectivity index (χ2n) is 5.76. The van der Waals surface area contributed by atoms with Crippen molar-refractivity contribution in [3.05, 3.63) is 41.2 Å². The fourth-order valence-corrected chi connectivity index (χ4v) is 3.43. The zero-order valence-corrected chi connectivity index (χ0v) is 14.0. The Balaban J connectivity index is 1.59. The van der Waals surface area contributed by atoms with Gasteiger partial charge in [-0.05, 0) is 26.0 Å². The highest BCUT2D eigenvalue weighted by Gasteiger charge is 2.22. The molecule has 2 unspecified atom stereocenters. The minimum atomic E-state index is -0.236. The third kappa shape index (κ3) is 4.34. The lowest BCUT2D eigenvalue weighted by molar-refractivity contribution is -0.0707. The van der Waals surface area contributed by atoms with Gasteiger partial charge >= 0.3 is 0 Å². The molecule has 0 spiro atoms. The van der Waals surface area contributed by atoms with Crippen LogP contribution in [0.2, 0.25) is 0 Å². The van der Waals surface area contributed by atoms with Crippen LogP contribution in [-0.2, 0) is 11.3 Å². The molecular weight excluding hydrogens is 312 g/mol. The van der Waals surface area contributed by atoms with Crippen molar-refractivity contribution >= 4 is 22.4 Å². The minimum absolute atomic E-state index is 0.236. The number of hydrogen-bond donors (Lipinski definition) is 1. The quantitative estimate of drug-likeness (QED) is 0.931. The van der Waals surface area contributed by atoms with E-state index in [4.69, 9.17) is 4.74 Å². The average Bonchev–Trinajstić information content (AvgIpc) is 2.94. The van der Waals surface area contributed by atoms with Gasteiger partial charge in [-0.25, -0.2) is 4.98 Å². The van der Waals surface area contributed by atoms with Gasteiger partial charge in [-0.3, -0.25) is 20.0 Å². The summed E-state index contributed by atoms with van der Waals surface area (Å²) in [6, 6.07) is 5.25. The van der Waals surface area contributed by atoms with Gasteiger partial charge in [0.25, 0.3) is 5.91 Å². The highest BCUT2D eigenvalue weighted by molar-refractivity contribution is 7.13. The molecule has 3 heterocycles. The number of nitrogens with one attached hydrogen (secondary N) is 1. The lowest BCUT2D eigenvalue weighted by atomic mass is 10.2. The summed E-state index contributed by atoms with van der Waals surface area (Å²) in [6.45, 7) is 6.74. The number of pyridine rings is 1. The molecule has 1 fully saturated rings. The SMILES string of the molecule is CC1CN(Cc2csc(NC(=O)c3ccccn3)n2)CC(C)O1. The number of aromatic nitrogens is 2. The normalized spacial score (nSPS) is 22.0. The van der Waals surface area contributed by atoms with Gasteiger partial charge in [0.1, 0.15) is 5.69 Å². The maximum Gasteiger partial charge on any atom is 0.276 e. The Morgan fingerprint density at radius 3 is 2.87 bits per heavy atom. The van der Waals surface area contributed by atoms with E-state index >= 15 is 0 Å². The van der Waals surface area contributed by atoms with E-state index in [2.05, 4.69) is 34.0 Å². The first-order valence-electron chi connectivity index (χ1n) is 7.65. The molecule has 0 aliphatic carbocycles. The number of hydrogen-bond acceptors (Lipinski definition) is 6. The van der Waals surface area contributed by atoms with E-state index < -0.39 is 0 Å². The van der Waals surface area contributed by atoms with Gasteiger partial charge in [0.2, 0.25) is 0 Å². The Kier molecular flexibility index (Phi) is 5.00. The van der Waals surface area contributed by atoms with Crippen molar-refractivity contribution in [3.63, 3.8) is 0 Å². The van der Waals surface area contributed by atoms with Crippen LogP contribution in [0, 0.1) is 0 Å². The smallest absolute Gasteiger partial charge is 0.276 e. The summed E-state index contributed by atoms with van der Waals surface area (Å²) >= 11 is 1.43. The molecule has 7 heteroatoms. The zero-order chi connectivity index (χ0) is 16.2. The molecule has 0 aromatic carbocycles. The molecule has 3 rings (SSSR count). The summed E-state index contributed by atoms with van der Waals surface area (Å²) < 4.78 is 5.74. The number of carbonyl (C=O) groups is 1. The van der Waals surface area contributed by atoms with Crippen LogP contribution in [0.1, 0.15) is 30.0 Å². The van der Waals surface area contributed by atoms with Crippen LogP contribution in [-0.4, -0.2) is 46.1 Å². The van der Waals surface area contributed by atoms with E-state index in [-0.39, 0.29) is 18.1 Å². The maximum atomic E-state index is 12.1. The Morgan fingerprint density at radius 1 is 1.39 bits per heavy atom. The molecule has 1 saturated heterocycles. The van der Waals surface area contributed by atoms with E-state index in [9.17, 15) is 4.79 Å². The number of rotatable bonds is 4. The molecule has 0 saturated carbocycles. The van der Waals surface area contributed by atoms with E-state index in [1.807, 2.05) is 5.38 Å². The molecule has 2 aromatic heterocycles. The topological polar surface area (TPSA) is 67.4 Å². The first-order chi connectivity index (χ1) is 11.1. The molecule has 2 aromatic rings. The highest BCUT2D eigenvalue weighted by atomic mass is 32.1. The molecule has 23 heavy (non-hydrogen) atoms. The lowest BCUT2D eigenvalue weighted by Crippen LogP contribution is -2.44. The molecule has 1 aliphatic heterocycles. The number of anilines is 1. The number of amides is 1. The third-order valence-electron chi connectivity index (χ3n) is 3.55. The van der Waals surface area contributed by atoms with E-state index in [1.165, 1.54) is 11.3 Å². The molecule has 1 aliphatic rings. The summed E-state index contributed by atoms with van der Waals surface area (Å²) in [4.78, 5) is 22.9. The maximum absolute atomic E-state index is 12.1. The van der Waals surface area contributed by atoms with E-state index in [0.29, 0.717) is 10.8 Å². The molecule has 2 atom stereocenters. The lowest BCUT2D eigenvalue weighted by Gasteiger charge is -2.34. The van der Waals surface area contributed by atoms with Crippen LogP contribution >= 0.6 is 11.3 Å². The minimum Gasteiger partial charge on any atom is -0.373 e. The van der Waals surface area contributed by atoms with Crippen LogP contribution < -0.4 is 5.32 Å². The van der Waals surface area contributed by atoms with Crippen LogP contribution in [0.15, 0.2) is 29.8 Å². The van der Waals surface area contributed by atoms with Crippen LogP contribution in [0.5, 0.6) is 0 Å². The molecule has 0 radical (unpaired) electrons. The van der Waals surface area contributed by atoms with Crippen molar-refractivity contribution in [2.75, 3.05) is 18.4 Å². The van der Waals surface area contributed by atoms with Gasteiger partial charge in [0, 0.05) is 31.2 Å².